The fraction of sp³-hybridized carbons (Fsp3) is 0. The molecule has 3 nitrogen and oxygen atoms in total. The summed E-state index contributed by atoms with van der Waals surface area (Å²) in [4.78, 5) is 3.92. The molecule has 3 heteroatoms. The number of hydrogen-bond donors (Lipinski definition) is 1. The zero-order chi connectivity index (χ0) is 10.5. The number of pyridine rings is 1. The molecule has 0 aliphatic rings. The maximum atomic E-state index is 9.00. The summed E-state index contributed by atoms with van der Waals surface area (Å²) in [6.45, 7) is 0. The summed E-state index contributed by atoms with van der Waals surface area (Å²) in [6.07, 6.45) is 3.34. The van der Waals surface area contributed by atoms with E-state index in [0.717, 1.165) is 11.1 Å². The van der Waals surface area contributed by atoms with Crippen molar-refractivity contribution in [3.05, 3.63) is 66.0 Å². The van der Waals surface area contributed by atoms with Crippen LogP contribution in [-0.4, -0.2) is 15.9 Å². The molecular weight excluding hydrogens is 188 g/mol. The van der Waals surface area contributed by atoms with Crippen molar-refractivity contribution in [1.82, 2.24) is 4.98 Å². The second-order valence-electron chi connectivity index (χ2n) is 3.05. The summed E-state index contributed by atoms with van der Waals surface area (Å²) in [5.41, 5.74) is 2.28. The van der Waals surface area contributed by atoms with E-state index in [-0.39, 0.29) is 0 Å². The molecule has 0 atom stereocenters. The molecule has 0 amide bonds. The van der Waals surface area contributed by atoms with Gasteiger partial charge in [0.05, 0.1) is 0 Å². The lowest BCUT2D eigenvalue weighted by atomic mass is 10.0. The molecule has 0 aliphatic heterocycles. The number of aromatic nitrogens is 1. The lowest BCUT2D eigenvalue weighted by molar-refractivity contribution is 0.319. The molecule has 74 valence electrons. The van der Waals surface area contributed by atoms with Crippen molar-refractivity contribution >= 4 is 5.71 Å². The van der Waals surface area contributed by atoms with Crippen molar-refractivity contribution < 1.29 is 5.21 Å². The Labute approximate surface area is 87.7 Å². The number of benzene rings is 1. The van der Waals surface area contributed by atoms with Crippen LogP contribution in [0.4, 0.5) is 0 Å². The van der Waals surface area contributed by atoms with Crippen molar-refractivity contribution in [2.45, 2.75) is 0 Å². The Morgan fingerprint density at radius 3 is 2.13 bits per heavy atom. The maximum Gasteiger partial charge on any atom is 0.117 e. The summed E-state index contributed by atoms with van der Waals surface area (Å²) < 4.78 is 0. The van der Waals surface area contributed by atoms with E-state index in [1.165, 1.54) is 0 Å². The summed E-state index contributed by atoms with van der Waals surface area (Å²) in [6, 6.07) is 13.1. The van der Waals surface area contributed by atoms with E-state index in [4.69, 9.17) is 5.21 Å². The minimum absolute atomic E-state index is 0.554. The van der Waals surface area contributed by atoms with Crippen LogP contribution >= 0.6 is 0 Å². The Balaban J connectivity index is 2.44. The molecule has 0 saturated heterocycles. The van der Waals surface area contributed by atoms with Gasteiger partial charge in [0, 0.05) is 23.5 Å². The predicted octanol–water partition coefficient (Wildman–Crippen LogP) is 2.31. The van der Waals surface area contributed by atoms with E-state index < -0.39 is 0 Å². The molecule has 0 spiro atoms. The Morgan fingerprint density at radius 2 is 1.53 bits per heavy atom. The third-order valence-electron chi connectivity index (χ3n) is 2.10. The predicted molar refractivity (Wildman–Crippen MR) is 58.1 cm³/mol. The van der Waals surface area contributed by atoms with Crippen molar-refractivity contribution in [1.29, 1.82) is 0 Å². The van der Waals surface area contributed by atoms with E-state index in [9.17, 15) is 0 Å². The highest BCUT2D eigenvalue weighted by molar-refractivity contribution is 6.12. The van der Waals surface area contributed by atoms with Gasteiger partial charge in [-0.15, -0.1) is 0 Å². The Bertz CT molecular complexity index is 410. The van der Waals surface area contributed by atoms with E-state index >= 15 is 0 Å². The van der Waals surface area contributed by atoms with Crippen LogP contribution in [0.3, 0.4) is 0 Å². The van der Waals surface area contributed by atoms with Crippen molar-refractivity contribution in [2.24, 2.45) is 5.16 Å². The van der Waals surface area contributed by atoms with Gasteiger partial charge >= 0.3 is 0 Å². The first-order valence-electron chi connectivity index (χ1n) is 4.59. The van der Waals surface area contributed by atoms with Crippen LogP contribution in [0.25, 0.3) is 0 Å². The summed E-state index contributed by atoms with van der Waals surface area (Å²) in [5.74, 6) is 0. The Morgan fingerprint density at radius 1 is 0.933 bits per heavy atom. The van der Waals surface area contributed by atoms with Gasteiger partial charge in [-0.05, 0) is 12.1 Å². The monoisotopic (exact) mass is 198 g/mol. The standard InChI is InChI=1S/C12H10N2O/c15-14-12(10-4-2-1-3-5-10)11-6-8-13-9-7-11/h1-9,15H. The number of nitrogens with zero attached hydrogens (tertiary/aromatic N) is 2. The van der Waals surface area contributed by atoms with Crippen LogP contribution in [0.5, 0.6) is 0 Å². The molecule has 0 fully saturated rings. The van der Waals surface area contributed by atoms with Crippen molar-refractivity contribution in [3.63, 3.8) is 0 Å². The number of hydrogen-bond acceptors (Lipinski definition) is 3. The quantitative estimate of drug-likeness (QED) is 0.457. The lowest BCUT2D eigenvalue weighted by Crippen LogP contribution is -2.02. The first-order valence-corrected chi connectivity index (χ1v) is 4.59. The fourth-order valence-corrected chi connectivity index (χ4v) is 1.39. The van der Waals surface area contributed by atoms with Crippen LogP contribution in [0, 0.1) is 0 Å². The van der Waals surface area contributed by atoms with Crippen LogP contribution in [0.1, 0.15) is 11.1 Å². The molecule has 0 aliphatic carbocycles. The number of rotatable bonds is 2. The topological polar surface area (TPSA) is 45.5 Å². The second kappa shape index (κ2) is 4.37. The normalized spacial score (nSPS) is 11.3. The molecule has 15 heavy (non-hydrogen) atoms. The van der Waals surface area contributed by atoms with E-state index in [0.29, 0.717) is 5.71 Å². The van der Waals surface area contributed by atoms with Crippen molar-refractivity contribution in [3.8, 4) is 0 Å². The van der Waals surface area contributed by atoms with Gasteiger partial charge in [0.15, 0.2) is 0 Å². The molecule has 1 heterocycles. The molecule has 1 N–H and O–H groups in total. The van der Waals surface area contributed by atoms with E-state index in [2.05, 4.69) is 10.1 Å². The van der Waals surface area contributed by atoms with Gasteiger partial charge in [-0.25, -0.2) is 0 Å². The van der Waals surface area contributed by atoms with Gasteiger partial charge in [-0.3, -0.25) is 4.98 Å². The average Bonchev–Trinajstić information content (AvgIpc) is 2.33. The highest BCUT2D eigenvalue weighted by Crippen LogP contribution is 2.09. The van der Waals surface area contributed by atoms with E-state index in [1.807, 2.05) is 42.5 Å². The molecule has 0 bridgehead atoms. The average molecular weight is 198 g/mol. The SMILES string of the molecule is ON=C(c1ccccc1)c1ccncc1. The Kier molecular flexibility index (Phi) is 2.74. The third-order valence-corrected chi connectivity index (χ3v) is 2.10. The first-order chi connectivity index (χ1) is 7.42. The summed E-state index contributed by atoms with van der Waals surface area (Å²) in [5, 5.41) is 12.3. The molecule has 1 aromatic heterocycles. The molecule has 2 rings (SSSR count). The summed E-state index contributed by atoms with van der Waals surface area (Å²) in [7, 11) is 0. The minimum Gasteiger partial charge on any atom is -0.410 e. The van der Waals surface area contributed by atoms with Gasteiger partial charge in [0.25, 0.3) is 0 Å². The smallest absolute Gasteiger partial charge is 0.117 e. The largest absolute Gasteiger partial charge is 0.410 e. The lowest BCUT2D eigenvalue weighted by Gasteiger charge is -2.03. The maximum absolute atomic E-state index is 9.00. The van der Waals surface area contributed by atoms with Crippen LogP contribution in [0.15, 0.2) is 60.0 Å². The molecule has 0 radical (unpaired) electrons. The zero-order valence-corrected chi connectivity index (χ0v) is 8.04. The van der Waals surface area contributed by atoms with Gasteiger partial charge in [-0.1, -0.05) is 35.5 Å². The van der Waals surface area contributed by atoms with Gasteiger partial charge in [-0.2, -0.15) is 0 Å². The zero-order valence-electron chi connectivity index (χ0n) is 8.04. The van der Waals surface area contributed by atoms with Crippen LogP contribution in [-0.2, 0) is 0 Å². The minimum atomic E-state index is 0.554. The van der Waals surface area contributed by atoms with Gasteiger partial charge in [0.2, 0.25) is 0 Å². The van der Waals surface area contributed by atoms with Gasteiger partial charge < -0.3 is 5.21 Å². The Hall–Kier alpha value is -2.16. The molecule has 1 aromatic carbocycles. The first kappa shape index (κ1) is 9.40. The highest BCUT2D eigenvalue weighted by Gasteiger charge is 2.05. The van der Waals surface area contributed by atoms with Crippen LogP contribution in [0.2, 0.25) is 0 Å². The number of oxime groups is 1. The summed E-state index contributed by atoms with van der Waals surface area (Å²) >= 11 is 0. The van der Waals surface area contributed by atoms with Crippen LogP contribution < -0.4 is 0 Å². The van der Waals surface area contributed by atoms with Gasteiger partial charge in [0.1, 0.15) is 5.71 Å². The second-order valence-corrected chi connectivity index (χ2v) is 3.05. The highest BCUT2D eigenvalue weighted by atomic mass is 16.4. The molecule has 2 aromatic rings. The van der Waals surface area contributed by atoms with E-state index in [1.54, 1.807) is 12.4 Å². The molecule has 0 saturated carbocycles. The molecule has 0 unspecified atom stereocenters. The molecular formula is C12H10N2O. The third kappa shape index (κ3) is 2.02. The fourth-order valence-electron chi connectivity index (χ4n) is 1.39. The van der Waals surface area contributed by atoms with Crippen molar-refractivity contribution in [2.75, 3.05) is 0 Å².